The number of pyridine rings is 1. The zero-order valence-electron chi connectivity index (χ0n) is 12.8. The van der Waals surface area contributed by atoms with Crippen LogP contribution in [0.1, 0.15) is 17.4 Å². The number of ether oxygens (including phenoxy) is 1. The number of nitrogens with zero attached hydrogens (tertiary/aromatic N) is 2. The summed E-state index contributed by atoms with van der Waals surface area (Å²) in [6.45, 7) is 4.15. The fourth-order valence-corrected chi connectivity index (χ4v) is 3.81. The average molecular weight is 328 g/mol. The third kappa shape index (κ3) is 2.71. The van der Waals surface area contributed by atoms with Crippen LogP contribution in [0.3, 0.4) is 0 Å². The average Bonchev–Trinajstić information content (AvgIpc) is 3.10. The Kier molecular flexibility index (Phi) is 3.75. The predicted molar refractivity (Wildman–Crippen MR) is 91.7 cm³/mol. The van der Waals surface area contributed by atoms with E-state index < -0.39 is 0 Å². The van der Waals surface area contributed by atoms with Crippen molar-refractivity contribution < 1.29 is 9.13 Å². The molecule has 23 heavy (non-hydrogen) atoms. The summed E-state index contributed by atoms with van der Waals surface area (Å²) < 4.78 is 20.0. The Hall–Kier alpha value is -1.98. The second-order valence-corrected chi connectivity index (χ2v) is 6.56. The van der Waals surface area contributed by atoms with Crippen molar-refractivity contribution in [2.24, 2.45) is 0 Å². The van der Waals surface area contributed by atoms with Gasteiger partial charge in [0.1, 0.15) is 17.4 Å². The molecule has 1 unspecified atom stereocenters. The number of morpholine rings is 1. The first kappa shape index (κ1) is 14.6. The molecule has 0 amide bonds. The molecule has 0 aliphatic carbocycles. The van der Waals surface area contributed by atoms with Crippen LogP contribution in [0.25, 0.3) is 10.9 Å². The molecular weight excluding hydrogens is 311 g/mol. The molecule has 0 radical (unpaired) electrons. The zero-order chi connectivity index (χ0) is 15.8. The standard InChI is InChI=1S/C18H17FN2OS/c1-12-9-16(14-3-2-4-15(19)18(14)20-12)21-6-7-22-17(10-21)13-5-8-23-11-13/h2-5,8-9,11,17H,6-7,10H2,1H3. The van der Waals surface area contributed by atoms with E-state index in [1.165, 1.54) is 11.6 Å². The Labute approximate surface area is 138 Å². The number of halogens is 1. The molecule has 1 atom stereocenters. The van der Waals surface area contributed by atoms with Gasteiger partial charge in [0.2, 0.25) is 0 Å². The lowest BCUT2D eigenvalue weighted by molar-refractivity contribution is 0.0401. The van der Waals surface area contributed by atoms with E-state index in [1.807, 2.05) is 19.1 Å². The van der Waals surface area contributed by atoms with Crippen LogP contribution in [0.4, 0.5) is 10.1 Å². The lowest BCUT2D eigenvalue weighted by atomic mass is 10.1. The lowest BCUT2D eigenvalue weighted by Gasteiger charge is -2.35. The van der Waals surface area contributed by atoms with E-state index in [0.29, 0.717) is 12.1 Å². The Morgan fingerprint density at radius 3 is 3.09 bits per heavy atom. The molecule has 0 bridgehead atoms. The molecule has 1 aliphatic rings. The number of para-hydroxylation sites is 1. The Morgan fingerprint density at radius 1 is 1.35 bits per heavy atom. The van der Waals surface area contributed by atoms with Crippen LogP contribution >= 0.6 is 11.3 Å². The van der Waals surface area contributed by atoms with Crippen molar-refractivity contribution in [3.63, 3.8) is 0 Å². The highest BCUT2D eigenvalue weighted by Crippen LogP contribution is 2.32. The molecule has 5 heteroatoms. The Bertz CT molecular complexity index is 834. The van der Waals surface area contributed by atoms with Crippen LogP contribution in [-0.4, -0.2) is 24.7 Å². The molecule has 4 rings (SSSR count). The second-order valence-electron chi connectivity index (χ2n) is 5.78. The minimum absolute atomic E-state index is 0.0621. The van der Waals surface area contributed by atoms with Crippen molar-refractivity contribution in [1.29, 1.82) is 0 Å². The van der Waals surface area contributed by atoms with Crippen molar-refractivity contribution in [3.05, 3.63) is 58.2 Å². The summed E-state index contributed by atoms with van der Waals surface area (Å²) in [6, 6.07) is 9.29. The van der Waals surface area contributed by atoms with E-state index in [4.69, 9.17) is 4.74 Å². The van der Waals surface area contributed by atoms with Crippen LogP contribution in [0.5, 0.6) is 0 Å². The molecule has 0 saturated carbocycles. The van der Waals surface area contributed by atoms with Gasteiger partial charge in [0, 0.05) is 29.9 Å². The number of anilines is 1. The van der Waals surface area contributed by atoms with Gasteiger partial charge in [0.05, 0.1) is 6.61 Å². The molecule has 0 spiro atoms. The summed E-state index contributed by atoms with van der Waals surface area (Å²) in [7, 11) is 0. The Morgan fingerprint density at radius 2 is 2.26 bits per heavy atom. The summed E-state index contributed by atoms with van der Waals surface area (Å²) in [5.74, 6) is -0.268. The zero-order valence-corrected chi connectivity index (χ0v) is 13.6. The van der Waals surface area contributed by atoms with Crippen LogP contribution in [-0.2, 0) is 4.74 Å². The predicted octanol–water partition coefficient (Wildman–Crippen LogP) is 4.32. The smallest absolute Gasteiger partial charge is 0.149 e. The number of aryl methyl sites for hydroxylation is 1. The minimum atomic E-state index is -0.268. The Balaban J connectivity index is 1.75. The van der Waals surface area contributed by atoms with Gasteiger partial charge in [-0.05, 0) is 41.4 Å². The summed E-state index contributed by atoms with van der Waals surface area (Å²) in [4.78, 5) is 6.65. The van der Waals surface area contributed by atoms with Crippen molar-refractivity contribution in [2.45, 2.75) is 13.0 Å². The number of aromatic nitrogens is 1. The van der Waals surface area contributed by atoms with Crippen molar-refractivity contribution >= 4 is 27.9 Å². The van der Waals surface area contributed by atoms with Crippen LogP contribution in [0, 0.1) is 12.7 Å². The van der Waals surface area contributed by atoms with Gasteiger partial charge in [0.15, 0.2) is 0 Å². The van der Waals surface area contributed by atoms with E-state index >= 15 is 0 Å². The molecule has 3 nitrogen and oxygen atoms in total. The minimum Gasteiger partial charge on any atom is -0.370 e. The maximum Gasteiger partial charge on any atom is 0.149 e. The summed E-state index contributed by atoms with van der Waals surface area (Å²) in [6.07, 6.45) is 0.0621. The number of hydrogen-bond acceptors (Lipinski definition) is 4. The fraction of sp³-hybridized carbons (Fsp3) is 0.278. The first-order valence-electron chi connectivity index (χ1n) is 7.67. The van der Waals surface area contributed by atoms with E-state index in [2.05, 4.69) is 26.7 Å². The van der Waals surface area contributed by atoms with Crippen molar-refractivity contribution in [2.75, 3.05) is 24.6 Å². The molecule has 0 N–H and O–H groups in total. The van der Waals surface area contributed by atoms with Crippen molar-refractivity contribution in [1.82, 2.24) is 4.98 Å². The number of fused-ring (bicyclic) bond motifs is 1. The summed E-state index contributed by atoms with van der Waals surface area (Å²) in [5.41, 5.74) is 3.52. The highest BCUT2D eigenvalue weighted by atomic mass is 32.1. The van der Waals surface area contributed by atoms with Gasteiger partial charge in [-0.15, -0.1) is 0 Å². The quantitative estimate of drug-likeness (QED) is 0.700. The number of benzene rings is 1. The summed E-state index contributed by atoms with van der Waals surface area (Å²) >= 11 is 1.68. The summed E-state index contributed by atoms with van der Waals surface area (Å²) in [5, 5.41) is 5.06. The third-order valence-corrected chi connectivity index (χ3v) is 4.92. The molecule has 3 heterocycles. The van der Waals surface area contributed by atoms with Crippen LogP contribution in [0.2, 0.25) is 0 Å². The van der Waals surface area contributed by atoms with E-state index in [-0.39, 0.29) is 11.9 Å². The van der Waals surface area contributed by atoms with E-state index in [1.54, 1.807) is 17.4 Å². The maximum atomic E-state index is 14.1. The van der Waals surface area contributed by atoms with Gasteiger partial charge in [-0.3, -0.25) is 0 Å². The van der Waals surface area contributed by atoms with Gasteiger partial charge >= 0.3 is 0 Å². The highest BCUT2D eigenvalue weighted by molar-refractivity contribution is 7.07. The molecule has 1 fully saturated rings. The first-order valence-corrected chi connectivity index (χ1v) is 8.61. The topological polar surface area (TPSA) is 25.4 Å². The van der Waals surface area contributed by atoms with Crippen molar-refractivity contribution in [3.8, 4) is 0 Å². The second kappa shape index (κ2) is 5.91. The molecule has 2 aromatic heterocycles. The SMILES string of the molecule is Cc1cc(N2CCOC(c3ccsc3)C2)c2cccc(F)c2n1. The van der Waals surface area contributed by atoms with E-state index in [9.17, 15) is 4.39 Å². The molecule has 118 valence electrons. The molecule has 1 aliphatic heterocycles. The van der Waals surface area contributed by atoms with E-state index in [0.717, 1.165) is 29.9 Å². The fourth-order valence-electron chi connectivity index (χ4n) is 3.11. The van der Waals surface area contributed by atoms with Gasteiger partial charge in [-0.1, -0.05) is 12.1 Å². The van der Waals surface area contributed by atoms with Crippen LogP contribution in [0.15, 0.2) is 41.1 Å². The third-order valence-electron chi connectivity index (χ3n) is 4.22. The maximum absolute atomic E-state index is 14.1. The molecule has 1 aromatic carbocycles. The number of rotatable bonds is 2. The van der Waals surface area contributed by atoms with Gasteiger partial charge in [-0.2, -0.15) is 11.3 Å². The first-order chi connectivity index (χ1) is 11.2. The lowest BCUT2D eigenvalue weighted by Crippen LogP contribution is -2.38. The molecule has 1 saturated heterocycles. The van der Waals surface area contributed by atoms with Gasteiger partial charge < -0.3 is 9.64 Å². The monoisotopic (exact) mass is 328 g/mol. The molecular formula is C18H17FN2OS. The number of hydrogen-bond donors (Lipinski definition) is 0. The van der Waals surface area contributed by atoms with Crippen LogP contribution < -0.4 is 4.90 Å². The normalized spacial score (nSPS) is 18.5. The van der Waals surface area contributed by atoms with Gasteiger partial charge in [0.25, 0.3) is 0 Å². The highest BCUT2D eigenvalue weighted by Gasteiger charge is 2.24. The molecule has 3 aromatic rings. The number of thiophene rings is 1. The van der Waals surface area contributed by atoms with Gasteiger partial charge in [-0.25, -0.2) is 9.37 Å². The largest absolute Gasteiger partial charge is 0.370 e.